The van der Waals surface area contributed by atoms with E-state index in [-0.39, 0.29) is 17.3 Å². The second-order valence-corrected chi connectivity index (χ2v) is 6.80. The molecule has 0 amide bonds. The Morgan fingerprint density at radius 1 is 1.25 bits per heavy atom. The molecule has 0 aromatic carbocycles. The molecule has 3 aromatic heterocycles. The minimum atomic E-state index is -0.361. The van der Waals surface area contributed by atoms with E-state index in [0.29, 0.717) is 11.5 Å². The van der Waals surface area contributed by atoms with Crippen LogP contribution in [0.4, 0.5) is 5.82 Å². The summed E-state index contributed by atoms with van der Waals surface area (Å²) in [5.41, 5.74) is 1.98. The van der Waals surface area contributed by atoms with E-state index in [4.69, 9.17) is 4.42 Å². The number of hydrogen-bond donors (Lipinski definition) is 1. The first-order chi connectivity index (χ1) is 11.3. The van der Waals surface area contributed by atoms with E-state index in [0.717, 1.165) is 35.4 Å². The largest absolute Gasteiger partial charge is 0.443 e. The number of carbonyl (C=O) groups excluding carboxylic acids is 1. The first kappa shape index (κ1) is 14.9. The number of hydrogen-bond acceptors (Lipinski definition) is 6. The molecule has 1 aliphatic carbocycles. The van der Waals surface area contributed by atoms with Gasteiger partial charge in [0, 0.05) is 11.2 Å². The van der Waals surface area contributed by atoms with Gasteiger partial charge in [0.2, 0.25) is 11.5 Å². The number of aryl methyl sites for hydroxylation is 3. The SMILES string of the molecule is Cc1cc(C)n(C(=O)c2nc(NC3(C)CC3)c3cc(C)oc3n2)n1. The zero-order chi connectivity index (χ0) is 17.1. The van der Waals surface area contributed by atoms with Crippen LogP contribution in [-0.4, -0.2) is 31.2 Å². The number of nitrogens with one attached hydrogen (secondary N) is 1. The highest BCUT2D eigenvalue weighted by atomic mass is 16.3. The standard InChI is InChI=1S/C17H19N5O2/c1-9-7-10(2)22(21-9)16(23)14-18-13(20-17(4)5-6-17)12-8-11(3)24-15(12)19-14/h7-8H,5-6H2,1-4H3,(H,18,19,20). The first-order valence-corrected chi connectivity index (χ1v) is 7.99. The van der Waals surface area contributed by atoms with Crippen molar-refractivity contribution in [1.29, 1.82) is 0 Å². The maximum Gasteiger partial charge on any atom is 0.316 e. The monoisotopic (exact) mass is 325 g/mol. The third-order valence-corrected chi connectivity index (χ3v) is 4.33. The van der Waals surface area contributed by atoms with E-state index >= 15 is 0 Å². The molecular formula is C17H19N5O2. The average molecular weight is 325 g/mol. The lowest BCUT2D eigenvalue weighted by molar-refractivity contribution is 0.0932. The zero-order valence-corrected chi connectivity index (χ0v) is 14.2. The van der Waals surface area contributed by atoms with Crippen molar-refractivity contribution < 1.29 is 9.21 Å². The molecule has 7 nitrogen and oxygen atoms in total. The summed E-state index contributed by atoms with van der Waals surface area (Å²) >= 11 is 0. The summed E-state index contributed by atoms with van der Waals surface area (Å²) in [6, 6.07) is 3.73. The smallest absolute Gasteiger partial charge is 0.316 e. The number of fused-ring (bicyclic) bond motifs is 1. The molecule has 124 valence electrons. The van der Waals surface area contributed by atoms with E-state index in [1.165, 1.54) is 4.68 Å². The number of furan rings is 1. The predicted octanol–water partition coefficient (Wildman–Crippen LogP) is 3.00. The number of aromatic nitrogens is 4. The molecule has 7 heteroatoms. The van der Waals surface area contributed by atoms with Crippen LogP contribution in [0.5, 0.6) is 0 Å². The lowest BCUT2D eigenvalue weighted by Crippen LogP contribution is -2.21. The highest BCUT2D eigenvalue weighted by Gasteiger charge is 2.38. The highest BCUT2D eigenvalue weighted by molar-refractivity contribution is 5.96. The van der Waals surface area contributed by atoms with Gasteiger partial charge in [0.15, 0.2) is 0 Å². The van der Waals surface area contributed by atoms with Gasteiger partial charge < -0.3 is 9.73 Å². The van der Waals surface area contributed by atoms with Crippen LogP contribution in [-0.2, 0) is 0 Å². The van der Waals surface area contributed by atoms with Gasteiger partial charge in [-0.1, -0.05) is 0 Å². The van der Waals surface area contributed by atoms with Gasteiger partial charge in [-0.25, -0.2) is 4.98 Å². The van der Waals surface area contributed by atoms with Crippen LogP contribution in [0.1, 0.15) is 47.5 Å². The van der Waals surface area contributed by atoms with Gasteiger partial charge in [0.1, 0.15) is 11.6 Å². The molecule has 1 N–H and O–H groups in total. The number of anilines is 1. The third kappa shape index (κ3) is 2.46. The van der Waals surface area contributed by atoms with Crippen LogP contribution in [0.2, 0.25) is 0 Å². The first-order valence-electron chi connectivity index (χ1n) is 7.99. The lowest BCUT2D eigenvalue weighted by Gasteiger charge is -2.13. The summed E-state index contributed by atoms with van der Waals surface area (Å²) in [7, 11) is 0. The predicted molar refractivity (Wildman–Crippen MR) is 89.2 cm³/mol. The quantitative estimate of drug-likeness (QED) is 0.796. The fourth-order valence-corrected chi connectivity index (χ4v) is 2.76. The topological polar surface area (TPSA) is 85.8 Å². The van der Waals surface area contributed by atoms with E-state index < -0.39 is 0 Å². The summed E-state index contributed by atoms with van der Waals surface area (Å²) in [6.45, 7) is 7.67. The molecule has 0 atom stereocenters. The van der Waals surface area contributed by atoms with Crippen molar-refractivity contribution in [3.63, 3.8) is 0 Å². The third-order valence-electron chi connectivity index (χ3n) is 4.33. The summed E-state index contributed by atoms with van der Waals surface area (Å²) < 4.78 is 6.96. The molecule has 0 bridgehead atoms. The molecule has 3 heterocycles. The van der Waals surface area contributed by atoms with Crippen molar-refractivity contribution in [1.82, 2.24) is 19.7 Å². The average Bonchev–Trinajstić information content (AvgIpc) is 2.95. The molecule has 0 spiro atoms. The Bertz CT molecular complexity index is 965. The zero-order valence-electron chi connectivity index (χ0n) is 14.2. The summed E-state index contributed by atoms with van der Waals surface area (Å²) in [4.78, 5) is 21.5. The van der Waals surface area contributed by atoms with Crippen LogP contribution in [0.25, 0.3) is 11.1 Å². The normalized spacial score (nSPS) is 15.7. The molecule has 4 rings (SSSR count). The van der Waals surface area contributed by atoms with E-state index in [9.17, 15) is 4.79 Å². The highest BCUT2D eigenvalue weighted by Crippen LogP contribution is 2.39. The second-order valence-electron chi connectivity index (χ2n) is 6.80. The van der Waals surface area contributed by atoms with Gasteiger partial charge in [-0.15, -0.1) is 0 Å². The van der Waals surface area contributed by atoms with Crippen molar-refractivity contribution in [2.24, 2.45) is 0 Å². The Morgan fingerprint density at radius 3 is 2.62 bits per heavy atom. The number of nitrogens with zero attached hydrogens (tertiary/aromatic N) is 4. The lowest BCUT2D eigenvalue weighted by atomic mass is 10.3. The van der Waals surface area contributed by atoms with E-state index in [1.807, 2.05) is 32.9 Å². The molecular weight excluding hydrogens is 306 g/mol. The molecule has 0 unspecified atom stereocenters. The minimum absolute atomic E-state index is 0.0327. The van der Waals surface area contributed by atoms with Gasteiger partial charge in [-0.2, -0.15) is 14.8 Å². The Kier molecular flexibility index (Phi) is 3.03. The Hall–Kier alpha value is -2.70. The molecule has 0 radical (unpaired) electrons. The second kappa shape index (κ2) is 4.90. The van der Waals surface area contributed by atoms with Gasteiger partial charge in [0.25, 0.3) is 0 Å². The Balaban J connectivity index is 1.83. The number of carbonyl (C=O) groups is 1. The fraction of sp³-hybridized carbons (Fsp3) is 0.412. The number of rotatable bonds is 3. The summed E-state index contributed by atoms with van der Waals surface area (Å²) in [5, 5.41) is 8.44. The Morgan fingerprint density at radius 2 is 2.00 bits per heavy atom. The van der Waals surface area contributed by atoms with Crippen LogP contribution in [0.3, 0.4) is 0 Å². The molecule has 1 saturated carbocycles. The molecule has 24 heavy (non-hydrogen) atoms. The maximum absolute atomic E-state index is 12.8. The van der Waals surface area contributed by atoms with Crippen molar-refractivity contribution in [2.75, 3.05) is 5.32 Å². The molecule has 1 fully saturated rings. The fourth-order valence-electron chi connectivity index (χ4n) is 2.76. The van der Waals surface area contributed by atoms with Gasteiger partial charge >= 0.3 is 5.91 Å². The van der Waals surface area contributed by atoms with Gasteiger partial charge in [-0.05, 0) is 52.7 Å². The van der Waals surface area contributed by atoms with Crippen LogP contribution in [0, 0.1) is 20.8 Å². The van der Waals surface area contributed by atoms with E-state index in [2.05, 4.69) is 27.3 Å². The molecule has 1 aliphatic rings. The maximum atomic E-state index is 12.8. The van der Waals surface area contributed by atoms with Crippen molar-refractivity contribution >= 4 is 22.8 Å². The van der Waals surface area contributed by atoms with Gasteiger partial charge in [0.05, 0.1) is 11.1 Å². The molecule has 3 aromatic rings. The van der Waals surface area contributed by atoms with E-state index in [1.54, 1.807) is 0 Å². The Labute approximate surface area is 139 Å². The van der Waals surface area contributed by atoms with Crippen molar-refractivity contribution in [3.8, 4) is 0 Å². The summed E-state index contributed by atoms with van der Waals surface area (Å²) in [6.07, 6.45) is 2.16. The van der Waals surface area contributed by atoms with Crippen molar-refractivity contribution in [2.45, 2.75) is 46.1 Å². The van der Waals surface area contributed by atoms with Crippen LogP contribution < -0.4 is 5.32 Å². The summed E-state index contributed by atoms with van der Waals surface area (Å²) in [5.74, 6) is 1.09. The molecule has 0 saturated heterocycles. The van der Waals surface area contributed by atoms with Gasteiger partial charge in [-0.3, -0.25) is 4.79 Å². The van der Waals surface area contributed by atoms with Crippen LogP contribution in [0.15, 0.2) is 16.5 Å². The minimum Gasteiger partial charge on any atom is -0.443 e. The molecule has 0 aliphatic heterocycles. The van der Waals surface area contributed by atoms with Crippen molar-refractivity contribution in [3.05, 3.63) is 35.1 Å². The van der Waals surface area contributed by atoms with Crippen LogP contribution >= 0.6 is 0 Å².